The lowest BCUT2D eigenvalue weighted by molar-refractivity contribution is -0.122. The second kappa shape index (κ2) is 7.32. The van der Waals surface area contributed by atoms with Crippen molar-refractivity contribution < 1.29 is 9.18 Å². The smallest absolute Gasteiger partial charge is 0.261 e. The maximum atomic E-state index is 13.4. The van der Waals surface area contributed by atoms with Crippen LogP contribution < -0.4 is 10.9 Å². The molecule has 1 aliphatic heterocycles. The van der Waals surface area contributed by atoms with Crippen LogP contribution in [0.4, 0.5) is 4.39 Å². The van der Waals surface area contributed by atoms with E-state index in [1.807, 2.05) is 18.2 Å². The maximum absolute atomic E-state index is 13.4. The summed E-state index contributed by atoms with van der Waals surface area (Å²) in [6, 6.07) is 9.31. The number of aromatic nitrogens is 2. The third kappa shape index (κ3) is 3.70. The van der Waals surface area contributed by atoms with Crippen molar-refractivity contribution in [3.05, 3.63) is 69.5 Å². The summed E-state index contributed by atoms with van der Waals surface area (Å²) >= 11 is 7.82. The molecule has 5 nitrogen and oxygen atoms in total. The molecule has 1 atom stereocenters. The molecular formula is C19H15ClFN3O2S. The number of fused-ring (bicyclic) bond motifs is 2. The molecule has 138 valence electrons. The molecule has 0 radical (unpaired) electrons. The van der Waals surface area contributed by atoms with Gasteiger partial charge in [0.05, 0.1) is 23.3 Å². The summed E-state index contributed by atoms with van der Waals surface area (Å²) in [7, 11) is 0. The second-order valence-electron chi connectivity index (χ2n) is 6.28. The molecular weight excluding hydrogens is 389 g/mol. The number of rotatable bonds is 3. The first-order chi connectivity index (χ1) is 13.0. The number of thioether (sulfide) groups is 1. The summed E-state index contributed by atoms with van der Waals surface area (Å²) in [5, 5.41) is 3.73. The van der Waals surface area contributed by atoms with Crippen LogP contribution in [0.3, 0.4) is 0 Å². The molecule has 3 aromatic rings. The summed E-state index contributed by atoms with van der Waals surface area (Å²) in [6.07, 6.45) is 2.09. The number of carbonyl (C=O) groups excluding carboxylic acids is 1. The van der Waals surface area contributed by atoms with Crippen LogP contribution in [-0.2, 0) is 11.3 Å². The van der Waals surface area contributed by atoms with Crippen molar-refractivity contribution in [1.29, 1.82) is 0 Å². The second-order valence-corrected chi connectivity index (χ2v) is 7.85. The topological polar surface area (TPSA) is 64.0 Å². The van der Waals surface area contributed by atoms with E-state index in [4.69, 9.17) is 11.6 Å². The molecule has 1 aromatic heterocycles. The summed E-state index contributed by atoms with van der Waals surface area (Å²) in [5.41, 5.74) is 0.932. The molecule has 2 aromatic carbocycles. The lowest BCUT2D eigenvalue weighted by atomic mass is 10.0. The average molecular weight is 404 g/mol. The van der Waals surface area contributed by atoms with E-state index in [0.717, 1.165) is 28.7 Å². The molecule has 0 bridgehead atoms. The SMILES string of the molecule is O=C(Cn1cnc2ccc(F)cc2c1=O)NC1CCSc2ccc(Cl)cc21. The molecule has 1 N–H and O–H groups in total. The van der Waals surface area contributed by atoms with E-state index in [1.54, 1.807) is 11.8 Å². The predicted octanol–water partition coefficient (Wildman–Crippen LogP) is 3.54. The zero-order valence-electron chi connectivity index (χ0n) is 14.1. The molecule has 1 amide bonds. The monoisotopic (exact) mass is 403 g/mol. The van der Waals surface area contributed by atoms with Gasteiger partial charge >= 0.3 is 0 Å². The van der Waals surface area contributed by atoms with Crippen molar-refractivity contribution in [3.8, 4) is 0 Å². The highest BCUT2D eigenvalue weighted by Gasteiger charge is 2.23. The minimum atomic E-state index is -0.517. The van der Waals surface area contributed by atoms with Gasteiger partial charge in [0.1, 0.15) is 12.4 Å². The van der Waals surface area contributed by atoms with Gasteiger partial charge in [-0.05, 0) is 48.4 Å². The summed E-state index contributed by atoms with van der Waals surface area (Å²) in [5.74, 6) is 0.0605. The molecule has 1 unspecified atom stereocenters. The van der Waals surface area contributed by atoms with Crippen LogP contribution in [0.15, 0.2) is 52.4 Å². The Labute approximate surface area is 163 Å². The van der Waals surface area contributed by atoms with Crippen molar-refractivity contribution >= 4 is 40.2 Å². The number of halogens is 2. The van der Waals surface area contributed by atoms with Crippen LogP contribution in [0.5, 0.6) is 0 Å². The third-order valence-electron chi connectivity index (χ3n) is 4.45. The standard InChI is InChI=1S/C19H15ClFN3O2S/c20-11-1-4-17-13(7-11)16(5-6-27-17)23-18(25)9-24-10-22-15-3-2-12(21)8-14(15)19(24)26/h1-4,7-8,10,16H,5-6,9H2,(H,23,25). The molecule has 0 saturated carbocycles. The van der Waals surface area contributed by atoms with E-state index in [0.29, 0.717) is 10.5 Å². The van der Waals surface area contributed by atoms with E-state index in [9.17, 15) is 14.0 Å². The Kier molecular flexibility index (Phi) is 4.88. The third-order valence-corrected chi connectivity index (χ3v) is 5.80. The Balaban J connectivity index is 1.56. The first-order valence-corrected chi connectivity index (χ1v) is 9.74. The fourth-order valence-electron chi connectivity index (χ4n) is 3.15. The van der Waals surface area contributed by atoms with Gasteiger partial charge in [0.2, 0.25) is 5.91 Å². The van der Waals surface area contributed by atoms with Gasteiger partial charge < -0.3 is 5.32 Å². The Morgan fingerprint density at radius 1 is 1.33 bits per heavy atom. The molecule has 0 fully saturated rings. The largest absolute Gasteiger partial charge is 0.348 e. The Morgan fingerprint density at radius 3 is 3.04 bits per heavy atom. The number of nitrogens with zero attached hydrogens (tertiary/aromatic N) is 2. The minimum Gasteiger partial charge on any atom is -0.348 e. The lowest BCUT2D eigenvalue weighted by Gasteiger charge is -2.26. The van der Waals surface area contributed by atoms with Gasteiger partial charge in [-0.2, -0.15) is 0 Å². The highest BCUT2D eigenvalue weighted by atomic mass is 35.5. The normalized spacial score (nSPS) is 16.1. The quantitative estimate of drug-likeness (QED) is 0.726. The van der Waals surface area contributed by atoms with E-state index in [2.05, 4.69) is 10.3 Å². The van der Waals surface area contributed by atoms with Crippen molar-refractivity contribution in [3.63, 3.8) is 0 Å². The predicted molar refractivity (Wildman–Crippen MR) is 104 cm³/mol. The highest BCUT2D eigenvalue weighted by molar-refractivity contribution is 7.99. The fourth-order valence-corrected chi connectivity index (χ4v) is 4.44. The molecule has 27 heavy (non-hydrogen) atoms. The van der Waals surface area contributed by atoms with E-state index in [1.165, 1.54) is 23.0 Å². The number of amides is 1. The molecule has 0 spiro atoms. The van der Waals surface area contributed by atoms with Crippen LogP contribution in [0.25, 0.3) is 10.9 Å². The van der Waals surface area contributed by atoms with Gasteiger partial charge in [-0.25, -0.2) is 9.37 Å². The molecule has 4 rings (SSSR count). The van der Waals surface area contributed by atoms with E-state index >= 15 is 0 Å². The van der Waals surface area contributed by atoms with Gasteiger partial charge in [0, 0.05) is 15.7 Å². The first kappa shape index (κ1) is 18.0. The van der Waals surface area contributed by atoms with Crippen LogP contribution in [0.2, 0.25) is 5.02 Å². The van der Waals surface area contributed by atoms with Crippen molar-refractivity contribution in [2.24, 2.45) is 0 Å². The van der Waals surface area contributed by atoms with Crippen LogP contribution in [0, 0.1) is 5.82 Å². The average Bonchev–Trinajstić information content (AvgIpc) is 2.65. The maximum Gasteiger partial charge on any atom is 0.261 e. The number of benzene rings is 2. The minimum absolute atomic E-state index is 0.150. The van der Waals surface area contributed by atoms with E-state index < -0.39 is 11.4 Å². The van der Waals surface area contributed by atoms with Crippen molar-refractivity contribution in [1.82, 2.24) is 14.9 Å². The van der Waals surface area contributed by atoms with E-state index in [-0.39, 0.29) is 23.9 Å². The Bertz CT molecular complexity index is 1100. The number of nitrogens with one attached hydrogen (secondary N) is 1. The summed E-state index contributed by atoms with van der Waals surface area (Å²) < 4.78 is 14.6. The molecule has 0 aliphatic carbocycles. The van der Waals surface area contributed by atoms with Gasteiger partial charge in [0.25, 0.3) is 5.56 Å². The first-order valence-electron chi connectivity index (χ1n) is 8.37. The molecule has 8 heteroatoms. The summed E-state index contributed by atoms with van der Waals surface area (Å²) in [4.78, 5) is 30.2. The molecule has 0 saturated heterocycles. The number of hydrogen-bond donors (Lipinski definition) is 1. The Hall–Kier alpha value is -2.38. The zero-order valence-corrected chi connectivity index (χ0v) is 15.7. The zero-order chi connectivity index (χ0) is 19.0. The van der Waals surface area contributed by atoms with Crippen molar-refractivity contribution in [2.45, 2.75) is 23.9 Å². The Morgan fingerprint density at radius 2 is 2.19 bits per heavy atom. The number of carbonyl (C=O) groups is 1. The van der Waals surface area contributed by atoms with Crippen LogP contribution in [0.1, 0.15) is 18.0 Å². The highest BCUT2D eigenvalue weighted by Crippen LogP contribution is 2.37. The van der Waals surface area contributed by atoms with Gasteiger partial charge in [-0.3, -0.25) is 14.2 Å². The van der Waals surface area contributed by atoms with Crippen LogP contribution >= 0.6 is 23.4 Å². The molecule has 2 heterocycles. The van der Waals surface area contributed by atoms with Gasteiger partial charge in [-0.15, -0.1) is 11.8 Å². The van der Waals surface area contributed by atoms with Crippen LogP contribution in [-0.4, -0.2) is 21.2 Å². The summed E-state index contributed by atoms with van der Waals surface area (Å²) in [6.45, 7) is -0.183. The molecule has 1 aliphatic rings. The fraction of sp³-hybridized carbons (Fsp3) is 0.211. The van der Waals surface area contributed by atoms with Gasteiger partial charge in [-0.1, -0.05) is 11.6 Å². The van der Waals surface area contributed by atoms with Gasteiger partial charge in [0.15, 0.2) is 0 Å². The van der Waals surface area contributed by atoms with Crippen molar-refractivity contribution in [2.75, 3.05) is 5.75 Å². The number of hydrogen-bond acceptors (Lipinski definition) is 4. The lowest BCUT2D eigenvalue weighted by Crippen LogP contribution is -2.36.